The second-order valence-electron chi connectivity index (χ2n) is 7.12. The molecule has 90 valence electrons. The largest absolute Gasteiger partial charge is 0.632 e. The highest BCUT2D eigenvalue weighted by atomic mass is 16.6. The van der Waals surface area contributed by atoms with E-state index in [0.29, 0.717) is 5.92 Å². The van der Waals surface area contributed by atoms with Crippen LogP contribution in [0.1, 0.15) is 54.9 Å². The smallest absolute Gasteiger partial charge is 0.0988 e. The van der Waals surface area contributed by atoms with Gasteiger partial charge in [0.05, 0.1) is 18.1 Å². The van der Waals surface area contributed by atoms with E-state index < -0.39 is 0 Å². The van der Waals surface area contributed by atoms with Crippen LogP contribution in [0.2, 0.25) is 0 Å². The van der Waals surface area contributed by atoms with E-state index in [-0.39, 0.29) is 21.1 Å². The average Bonchev–Trinajstić information content (AvgIpc) is 2.00. The van der Waals surface area contributed by atoms with Gasteiger partial charge in [-0.25, -0.2) is 0 Å². The van der Waals surface area contributed by atoms with Crippen molar-refractivity contribution in [3.8, 4) is 0 Å². The lowest BCUT2D eigenvalue weighted by Crippen LogP contribution is -2.75. The van der Waals surface area contributed by atoms with Gasteiger partial charge >= 0.3 is 0 Å². The van der Waals surface area contributed by atoms with Gasteiger partial charge in [-0.05, 0) is 33.6 Å². The van der Waals surface area contributed by atoms with Crippen molar-refractivity contribution in [2.24, 2.45) is 11.3 Å². The fourth-order valence-electron chi connectivity index (χ4n) is 3.09. The van der Waals surface area contributed by atoms with E-state index in [9.17, 15) is 5.21 Å². The van der Waals surface area contributed by atoms with Gasteiger partial charge in [-0.2, -0.15) is 0 Å². The van der Waals surface area contributed by atoms with Crippen molar-refractivity contribution in [1.29, 1.82) is 0 Å². The van der Waals surface area contributed by atoms with E-state index in [1.54, 1.807) is 0 Å². The number of piperidine rings is 1. The Morgan fingerprint density at radius 1 is 1.07 bits per heavy atom. The normalized spacial score (nSPS) is 42.6. The molecule has 0 radical (unpaired) electrons. The summed E-state index contributed by atoms with van der Waals surface area (Å²) in [4.78, 5) is 0. The molecule has 0 aromatic rings. The molecule has 2 heteroatoms. The highest BCUT2D eigenvalue weighted by Crippen LogP contribution is 2.55. The Hall–Kier alpha value is -0.0800. The highest BCUT2D eigenvalue weighted by molar-refractivity contribution is 5.00. The summed E-state index contributed by atoms with van der Waals surface area (Å²) < 4.78 is -0.142. The van der Waals surface area contributed by atoms with Gasteiger partial charge < -0.3 is 9.85 Å². The van der Waals surface area contributed by atoms with Crippen LogP contribution in [0.15, 0.2) is 0 Å². The molecule has 0 aliphatic carbocycles. The maximum atomic E-state index is 12.9. The monoisotopic (exact) mass is 213 g/mol. The Balaban J connectivity index is 3.30. The predicted molar refractivity (Wildman–Crippen MR) is 65.3 cm³/mol. The third-order valence-electron chi connectivity index (χ3n) is 5.84. The number of likely N-dealkylation sites (tertiary alicyclic amines) is 1. The van der Waals surface area contributed by atoms with E-state index in [1.165, 1.54) is 0 Å². The zero-order valence-electron chi connectivity index (χ0n) is 11.6. The van der Waals surface area contributed by atoms with E-state index in [4.69, 9.17) is 0 Å². The molecule has 0 aromatic heterocycles. The van der Waals surface area contributed by atoms with Crippen LogP contribution in [0.4, 0.5) is 0 Å². The van der Waals surface area contributed by atoms with Crippen molar-refractivity contribution < 1.29 is 4.65 Å². The number of nitrogens with zero attached hydrogens (tertiary/aromatic N) is 1. The topological polar surface area (TPSA) is 23.1 Å². The van der Waals surface area contributed by atoms with Gasteiger partial charge in [0.2, 0.25) is 0 Å². The molecule has 0 N–H and O–H groups in total. The molecule has 15 heavy (non-hydrogen) atoms. The third-order valence-corrected chi connectivity index (χ3v) is 5.84. The molecule has 2 nitrogen and oxygen atoms in total. The molecule has 1 fully saturated rings. The van der Waals surface area contributed by atoms with Gasteiger partial charge in [-0.3, -0.25) is 0 Å². The Kier molecular flexibility index (Phi) is 2.58. The zero-order valence-corrected chi connectivity index (χ0v) is 11.6. The molecule has 1 heterocycles. The van der Waals surface area contributed by atoms with Gasteiger partial charge in [-0.1, -0.05) is 20.8 Å². The van der Waals surface area contributed by atoms with Crippen LogP contribution in [0.5, 0.6) is 0 Å². The minimum absolute atomic E-state index is 0.0824. The minimum Gasteiger partial charge on any atom is -0.632 e. The number of hydroxylamine groups is 3. The highest BCUT2D eigenvalue weighted by Gasteiger charge is 2.60. The van der Waals surface area contributed by atoms with Crippen LogP contribution < -0.4 is 0 Å². The van der Waals surface area contributed by atoms with E-state index in [2.05, 4.69) is 48.5 Å². The standard InChI is InChI=1S/C13H27NO/c1-10-9-11(2,3)14(8,15)13(6,7)12(10,4)5/h10H,9H2,1-8H3. The van der Waals surface area contributed by atoms with Crippen molar-refractivity contribution in [3.05, 3.63) is 5.21 Å². The first kappa shape index (κ1) is 13.0. The molecule has 0 bridgehead atoms. The van der Waals surface area contributed by atoms with Gasteiger partial charge in [0.15, 0.2) is 0 Å². The summed E-state index contributed by atoms with van der Waals surface area (Å²) in [5.41, 5.74) is -0.342. The maximum Gasteiger partial charge on any atom is 0.0988 e. The number of hydrogen-bond donors (Lipinski definition) is 0. The molecule has 1 saturated heterocycles. The second-order valence-corrected chi connectivity index (χ2v) is 7.12. The molecule has 2 atom stereocenters. The lowest BCUT2D eigenvalue weighted by Gasteiger charge is -2.70. The molecular formula is C13H27NO. The van der Waals surface area contributed by atoms with Gasteiger partial charge in [0.1, 0.15) is 0 Å². The van der Waals surface area contributed by atoms with Gasteiger partial charge in [-0.15, -0.1) is 0 Å². The summed E-state index contributed by atoms with van der Waals surface area (Å²) in [6.45, 7) is 15.2. The van der Waals surface area contributed by atoms with Crippen molar-refractivity contribution in [2.75, 3.05) is 7.05 Å². The average molecular weight is 213 g/mol. The van der Waals surface area contributed by atoms with Crippen LogP contribution in [-0.4, -0.2) is 22.8 Å². The predicted octanol–water partition coefficient (Wildman–Crippen LogP) is 3.55. The van der Waals surface area contributed by atoms with Crippen molar-refractivity contribution in [2.45, 2.75) is 66.0 Å². The summed E-state index contributed by atoms with van der Waals surface area (Å²) in [7, 11) is 1.84. The quantitative estimate of drug-likeness (QED) is 0.446. The summed E-state index contributed by atoms with van der Waals surface area (Å²) in [5, 5.41) is 12.9. The van der Waals surface area contributed by atoms with E-state index in [1.807, 2.05) is 7.05 Å². The molecule has 1 aliphatic heterocycles. The molecule has 2 unspecified atom stereocenters. The Morgan fingerprint density at radius 3 is 1.87 bits per heavy atom. The number of hydrogen-bond acceptors (Lipinski definition) is 1. The number of quaternary nitrogens is 1. The first-order valence-corrected chi connectivity index (χ1v) is 5.95. The SMILES string of the molecule is CC1CC(C)(C)[N+](C)([O-])C(C)(C)C1(C)C. The molecule has 0 amide bonds. The van der Waals surface area contributed by atoms with Crippen molar-refractivity contribution in [1.82, 2.24) is 0 Å². The van der Waals surface area contributed by atoms with Gasteiger partial charge in [0, 0.05) is 11.8 Å². The molecule has 1 aliphatic rings. The summed E-state index contributed by atoms with van der Waals surface area (Å²) in [5.74, 6) is 0.586. The van der Waals surface area contributed by atoms with Crippen LogP contribution in [0.3, 0.4) is 0 Å². The molecule has 0 spiro atoms. The fourth-order valence-corrected chi connectivity index (χ4v) is 3.09. The molecular weight excluding hydrogens is 186 g/mol. The van der Waals surface area contributed by atoms with Crippen LogP contribution in [0.25, 0.3) is 0 Å². The second kappa shape index (κ2) is 2.98. The summed E-state index contributed by atoms with van der Waals surface area (Å²) in [6, 6.07) is 0. The fraction of sp³-hybridized carbons (Fsp3) is 1.00. The first-order valence-electron chi connectivity index (χ1n) is 5.95. The Labute approximate surface area is 94.8 Å². The Bertz CT molecular complexity index is 264. The minimum atomic E-state index is -0.242. The maximum absolute atomic E-state index is 12.9. The number of rotatable bonds is 0. The zero-order chi connectivity index (χ0) is 12.3. The Morgan fingerprint density at radius 2 is 1.47 bits per heavy atom. The lowest BCUT2D eigenvalue weighted by atomic mass is 9.58. The molecule has 1 rings (SSSR count). The lowest BCUT2D eigenvalue weighted by molar-refractivity contribution is -0.972. The molecule has 0 aromatic carbocycles. The van der Waals surface area contributed by atoms with Crippen LogP contribution in [0, 0.1) is 16.5 Å². The molecule has 0 saturated carbocycles. The summed E-state index contributed by atoms with van der Waals surface area (Å²) in [6.07, 6.45) is 1.00. The van der Waals surface area contributed by atoms with Crippen LogP contribution in [-0.2, 0) is 0 Å². The van der Waals surface area contributed by atoms with Gasteiger partial charge in [0.25, 0.3) is 0 Å². The summed E-state index contributed by atoms with van der Waals surface area (Å²) >= 11 is 0. The van der Waals surface area contributed by atoms with E-state index >= 15 is 0 Å². The third kappa shape index (κ3) is 1.38. The van der Waals surface area contributed by atoms with Crippen molar-refractivity contribution >= 4 is 0 Å². The van der Waals surface area contributed by atoms with E-state index in [0.717, 1.165) is 6.42 Å². The first-order chi connectivity index (χ1) is 6.38. The van der Waals surface area contributed by atoms with Crippen LogP contribution >= 0.6 is 0 Å². The van der Waals surface area contributed by atoms with Crippen molar-refractivity contribution in [3.63, 3.8) is 0 Å².